The summed E-state index contributed by atoms with van der Waals surface area (Å²) in [6.07, 6.45) is 2.53. The second-order valence-corrected chi connectivity index (χ2v) is 11.4. The highest BCUT2D eigenvalue weighted by Crippen LogP contribution is 2.53. The Bertz CT molecular complexity index is 1250. The van der Waals surface area contributed by atoms with Crippen molar-refractivity contribution >= 4 is 33.1 Å². The van der Waals surface area contributed by atoms with Gasteiger partial charge in [-0.25, -0.2) is 12.8 Å². The van der Waals surface area contributed by atoms with Gasteiger partial charge in [0.2, 0.25) is 0 Å². The number of rotatable bonds is 6. The highest BCUT2D eigenvalue weighted by Gasteiger charge is 2.51. The fourth-order valence-electron chi connectivity index (χ4n) is 5.05. The third-order valence-corrected chi connectivity index (χ3v) is 8.65. The van der Waals surface area contributed by atoms with Gasteiger partial charge in [0.1, 0.15) is 35.0 Å². The van der Waals surface area contributed by atoms with Crippen LogP contribution in [-0.2, 0) is 31.4 Å². The van der Waals surface area contributed by atoms with Crippen LogP contribution in [0.1, 0.15) is 30.4 Å². The molecule has 0 amide bonds. The van der Waals surface area contributed by atoms with Gasteiger partial charge in [0.15, 0.2) is 0 Å². The molecule has 7 nitrogen and oxygen atoms in total. The number of benzene rings is 2. The van der Waals surface area contributed by atoms with Crippen LogP contribution in [0.4, 0.5) is 10.1 Å². The minimum atomic E-state index is -4.23. The number of anilines is 1. The third kappa shape index (κ3) is 4.19. The Hall–Kier alpha value is -2.20. The Morgan fingerprint density at radius 3 is 2.76 bits per heavy atom. The number of sulfonamides is 1. The molecule has 5 rings (SSSR count). The van der Waals surface area contributed by atoms with E-state index in [9.17, 15) is 17.6 Å². The smallest absolute Gasteiger partial charge is 0.264 e. The van der Waals surface area contributed by atoms with Gasteiger partial charge in [0.05, 0.1) is 17.7 Å². The zero-order valence-corrected chi connectivity index (χ0v) is 20.3. The van der Waals surface area contributed by atoms with Gasteiger partial charge >= 0.3 is 0 Å². The maximum Gasteiger partial charge on any atom is 0.264 e. The lowest BCUT2D eigenvalue weighted by molar-refractivity contribution is -0.125. The molecule has 1 aliphatic heterocycles. The van der Waals surface area contributed by atoms with Crippen LogP contribution in [0.15, 0.2) is 35.2 Å². The SMILES string of the molecule is CN1CCOC(COc2cc(NS(=O)(=O)c3ccc(Cl)cc3F)cc3c2CC(=O)C32CCC2)C1. The number of carbonyl (C=O) groups excluding carboxylic acids is 1. The first-order valence-corrected chi connectivity index (χ1v) is 13.2. The van der Waals surface area contributed by atoms with Crippen LogP contribution in [0.3, 0.4) is 0 Å². The first-order valence-electron chi connectivity index (χ1n) is 11.3. The van der Waals surface area contributed by atoms with E-state index in [1.807, 2.05) is 7.05 Å². The number of morpholine rings is 1. The highest BCUT2D eigenvalue weighted by atomic mass is 35.5. The van der Waals surface area contributed by atoms with Crippen LogP contribution in [-0.4, -0.2) is 58.6 Å². The summed E-state index contributed by atoms with van der Waals surface area (Å²) >= 11 is 5.77. The van der Waals surface area contributed by atoms with Crippen molar-refractivity contribution in [1.82, 2.24) is 4.90 Å². The van der Waals surface area contributed by atoms with E-state index in [0.717, 1.165) is 49.1 Å². The Labute approximate surface area is 203 Å². The minimum Gasteiger partial charge on any atom is -0.490 e. The molecule has 0 radical (unpaired) electrons. The van der Waals surface area contributed by atoms with E-state index in [-0.39, 0.29) is 35.6 Å². The number of nitrogens with one attached hydrogen (secondary N) is 1. The van der Waals surface area contributed by atoms with Crippen LogP contribution in [0.25, 0.3) is 0 Å². The van der Waals surface area contributed by atoms with Crippen molar-refractivity contribution in [2.75, 3.05) is 38.1 Å². The lowest BCUT2D eigenvalue weighted by Crippen LogP contribution is -2.42. The Kier molecular flexibility index (Phi) is 6.08. The van der Waals surface area contributed by atoms with Crippen LogP contribution in [0.5, 0.6) is 5.75 Å². The predicted octanol–water partition coefficient (Wildman–Crippen LogP) is 3.54. The molecule has 0 bridgehead atoms. The topological polar surface area (TPSA) is 84.9 Å². The Morgan fingerprint density at radius 1 is 1.29 bits per heavy atom. The van der Waals surface area contributed by atoms with Gasteiger partial charge in [-0.05, 0) is 49.7 Å². The average molecular weight is 509 g/mol. The molecule has 34 heavy (non-hydrogen) atoms. The van der Waals surface area contributed by atoms with Gasteiger partial charge in [-0.2, -0.15) is 0 Å². The summed E-state index contributed by atoms with van der Waals surface area (Å²) in [5, 5.41) is 0.102. The molecule has 1 saturated carbocycles. The van der Waals surface area contributed by atoms with Crippen LogP contribution in [0, 0.1) is 5.82 Å². The van der Waals surface area contributed by atoms with Crippen LogP contribution >= 0.6 is 11.6 Å². The van der Waals surface area contributed by atoms with Crippen LogP contribution in [0.2, 0.25) is 5.02 Å². The zero-order chi connectivity index (χ0) is 24.1. The van der Waals surface area contributed by atoms with Gasteiger partial charge < -0.3 is 14.4 Å². The maximum atomic E-state index is 14.4. The van der Waals surface area contributed by atoms with E-state index < -0.39 is 26.2 Å². The molecule has 1 heterocycles. The molecule has 1 atom stereocenters. The standard InChI is InChI=1S/C24H26ClFN2O5S/c1-28-7-8-32-17(13-28)14-33-21-11-16(10-19-18(21)12-23(29)24(19)5-2-6-24)27-34(30,31)22-4-3-15(25)9-20(22)26/h3-4,9-11,17,27H,2,5-8,12-14H2,1H3. The molecule has 182 valence electrons. The van der Waals surface area contributed by atoms with Gasteiger partial charge in [-0.15, -0.1) is 0 Å². The van der Waals surface area contributed by atoms with E-state index >= 15 is 0 Å². The fraction of sp³-hybridized carbons (Fsp3) is 0.458. The van der Waals surface area contributed by atoms with Gasteiger partial charge in [0, 0.05) is 36.2 Å². The quantitative estimate of drug-likeness (QED) is 0.642. The molecule has 1 N–H and O–H groups in total. The molecule has 1 saturated heterocycles. The van der Waals surface area contributed by atoms with Crippen molar-refractivity contribution in [2.24, 2.45) is 0 Å². The van der Waals surface area contributed by atoms with Crippen molar-refractivity contribution in [2.45, 2.75) is 42.1 Å². The molecule has 2 aromatic carbocycles. The summed E-state index contributed by atoms with van der Waals surface area (Å²) in [7, 11) is -2.22. The van der Waals surface area contributed by atoms with Gasteiger partial charge in [-0.3, -0.25) is 9.52 Å². The number of hydrogen-bond donors (Lipinski definition) is 1. The summed E-state index contributed by atoms with van der Waals surface area (Å²) in [5.74, 6) is -0.349. The predicted molar refractivity (Wildman–Crippen MR) is 126 cm³/mol. The largest absolute Gasteiger partial charge is 0.490 e. The van der Waals surface area contributed by atoms with Gasteiger partial charge in [-0.1, -0.05) is 18.0 Å². The Balaban J connectivity index is 1.48. The van der Waals surface area contributed by atoms with E-state index in [1.54, 1.807) is 12.1 Å². The summed E-state index contributed by atoms with van der Waals surface area (Å²) in [5.41, 5.74) is 1.25. The number of Topliss-reactive ketones (excluding diaryl/α,β-unsaturated/α-hetero) is 1. The second-order valence-electron chi connectivity index (χ2n) is 9.28. The van der Waals surface area contributed by atoms with E-state index in [2.05, 4.69) is 9.62 Å². The summed E-state index contributed by atoms with van der Waals surface area (Å²) < 4.78 is 54.7. The number of fused-ring (bicyclic) bond motifs is 2. The van der Waals surface area contributed by atoms with E-state index in [1.165, 1.54) is 6.07 Å². The van der Waals surface area contributed by atoms with Crippen molar-refractivity contribution < 1.29 is 27.1 Å². The number of halogens is 2. The van der Waals surface area contributed by atoms with Gasteiger partial charge in [0.25, 0.3) is 10.0 Å². The molecule has 0 aromatic heterocycles. The van der Waals surface area contributed by atoms with Crippen molar-refractivity contribution in [3.63, 3.8) is 0 Å². The first kappa shape index (κ1) is 23.5. The summed E-state index contributed by atoms with van der Waals surface area (Å²) in [6, 6.07) is 6.67. The number of likely N-dealkylation sites (N-methyl/N-ethyl adjacent to an activating group) is 1. The minimum absolute atomic E-state index is 0.102. The number of carbonyl (C=O) groups is 1. The highest BCUT2D eigenvalue weighted by molar-refractivity contribution is 7.92. The molecule has 1 spiro atoms. The van der Waals surface area contributed by atoms with Crippen molar-refractivity contribution in [1.29, 1.82) is 0 Å². The first-order chi connectivity index (χ1) is 16.2. The summed E-state index contributed by atoms with van der Waals surface area (Å²) in [4.78, 5) is 14.6. The van der Waals surface area contributed by atoms with Crippen molar-refractivity contribution in [3.8, 4) is 5.75 Å². The molecule has 3 aliphatic rings. The monoisotopic (exact) mass is 508 g/mol. The number of ketones is 1. The van der Waals surface area contributed by atoms with E-state index in [4.69, 9.17) is 21.1 Å². The van der Waals surface area contributed by atoms with Crippen molar-refractivity contribution in [3.05, 3.63) is 52.3 Å². The molecular formula is C24H26ClFN2O5S. The molecular weight excluding hydrogens is 483 g/mol. The fourth-order valence-corrected chi connectivity index (χ4v) is 6.31. The normalized spacial score (nSPS) is 21.9. The zero-order valence-electron chi connectivity index (χ0n) is 18.8. The molecule has 1 unspecified atom stereocenters. The van der Waals surface area contributed by atoms with Crippen LogP contribution < -0.4 is 9.46 Å². The molecule has 2 aliphatic carbocycles. The van der Waals surface area contributed by atoms with E-state index in [0.29, 0.717) is 18.9 Å². The molecule has 2 fully saturated rings. The number of ether oxygens (including phenoxy) is 2. The second kappa shape index (κ2) is 8.78. The molecule has 2 aromatic rings. The summed E-state index contributed by atoms with van der Waals surface area (Å²) in [6.45, 7) is 2.45. The lowest BCUT2D eigenvalue weighted by atomic mass is 9.64. The average Bonchev–Trinajstić information content (AvgIpc) is 3.03. The number of nitrogens with zero attached hydrogens (tertiary/aromatic N) is 1. The maximum absolute atomic E-state index is 14.4. The Morgan fingerprint density at radius 2 is 2.09 bits per heavy atom. The lowest BCUT2D eigenvalue weighted by Gasteiger charge is -2.37. The number of hydrogen-bond acceptors (Lipinski definition) is 6. The third-order valence-electron chi connectivity index (χ3n) is 7.01. The molecule has 10 heteroatoms.